The number of methoxy groups -OCH3 is 1. The lowest BCUT2D eigenvalue weighted by Gasteiger charge is -2.57. The van der Waals surface area contributed by atoms with E-state index in [-0.39, 0.29) is 5.92 Å². The summed E-state index contributed by atoms with van der Waals surface area (Å²) >= 11 is 0. The molecule has 0 aromatic carbocycles. The minimum absolute atomic E-state index is 0.135. The fraction of sp³-hybridized carbons (Fsp3) is 1.00. The Morgan fingerprint density at radius 1 is 1.20 bits per heavy atom. The van der Waals surface area contributed by atoms with Crippen LogP contribution in [0.15, 0.2) is 0 Å². The van der Waals surface area contributed by atoms with E-state index in [2.05, 4.69) is 0 Å². The van der Waals surface area contributed by atoms with Gasteiger partial charge in [0.15, 0.2) is 11.6 Å². The molecule has 2 aliphatic rings. The number of ether oxygens (including phenoxy) is 2. The van der Waals surface area contributed by atoms with E-state index >= 15 is 0 Å². The van der Waals surface area contributed by atoms with Gasteiger partial charge in [-0.1, -0.05) is 6.92 Å². The summed E-state index contributed by atoms with van der Waals surface area (Å²) in [6.45, 7) is 3.75. The quantitative estimate of drug-likeness (QED) is 0.691. The average Bonchev–Trinajstić information content (AvgIpc) is 2.23. The molecule has 0 radical (unpaired) electrons. The smallest absolute Gasteiger partial charge is 0.194 e. The van der Waals surface area contributed by atoms with Gasteiger partial charge in [-0.2, -0.15) is 0 Å². The van der Waals surface area contributed by atoms with Crippen LogP contribution in [-0.2, 0) is 9.47 Å². The molecule has 0 aromatic rings. The summed E-state index contributed by atoms with van der Waals surface area (Å²) in [5, 5.41) is 20.2. The van der Waals surface area contributed by atoms with Crippen LogP contribution in [-0.4, -0.2) is 34.5 Å². The van der Waals surface area contributed by atoms with Gasteiger partial charge in [0.05, 0.1) is 0 Å². The Morgan fingerprint density at radius 3 is 2.13 bits per heavy atom. The van der Waals surface area contributed by atoms with E-state index in [1.807, 2.05) is 6.92 Å². The summed E-state index contributed by atoms with van der Waals surface area (Å²) in [5.41, 5.74) is -0.773. The van der Waals surface area contributed by atoms with E-state index < -0.39 is 17.2 Å². The molecular weight excluding hydrogens is 196 g/mol. The maximum atomic E-state index is 10.1. The van der Waals surface area contributed by atoms with Gasteiger partial charge in [0.1, 0.15) is 5.60 Å². The summed E-state index contributed by atoms with van der Waals surface area (Å²) in [6, 6.07) is 0. The van der Waals surface area contributed by atoms with E-state index in [0.29, 0.717) is 19.3 Å². The van der Waals surface area contributed by atoms with Gasteiger partial charge < -0.3 is 19.7 Å². The molecule has 4 atom stereocenters. The molecule has 2 fully saturated rings. The van der Waals surface area contributed by atoms with Gasteiger partial charge in [-0.15, -0.1) is 0 Å². The Kier molecular flexibility index (Phi) is 2.39. The van der Waals surface area contributed by atoms with Crippen molar-refractivity contribution in [3.05, 3.63) is 0 Å². The third-order valence-electron chi connectivity index (χ3n) is 4.21. The van der Waals surface area contributed by atoms with Crippen molar-refractivity contribution < 1.29 is 19.7 Å². The monoisotopic (exact) mass is 216 g/mol. The molecule has 15 heavy (non-hydrogen) atoms. The highest BCUT2D eigenvalue weighted by molar-refractivity contribution is 5.04. The number of hydrogen-bond donors (Lipinski definition) is 2. The lowest BCUT2D eigenvalue weighted by atomic mass is 9.72. The topological polar surface area (TPSA) is 58.9 Å². The first-order chi connectivity index (χ1) is 6.85. The Bertz CT molecular complexity index is 265. The molecule has 0 spiro atoms. The van der Waals surface area contributed by atoms with Crippen LogP contribution in [0.5, 0.6) is 0 Å². The van der Waals surface area contributed by atoms with Gasteiger partial charge in [0.2, 0.25) is 0 Å². The van der Waals surface area contributed by atoms with Crippen molar-refractivity contribution in [3.63, 3.8) is 0 Å². The first-order valence-electron chi connectivity index (χ1n) is 5.55. The first kappa shape index (κ1) is 11.3. The highest BCUT2D eigenvalue weighted by Crippen LogP contribution is 2.51. The minimum atomic E-state index is -1.24. The molecule has 4 unspecified atom stereocenters. The molecule has 4 heteroatoms. The SMILES string of the molecule is COC1(O)CCC1(C)OC1(O)CCC1C. The van der Waals surface area contributed by atoms with Gasteiger partial charge in [-0.3, -0.25) is 0 Å². The predicted molar refractivity (Wildman–Crippen MR) is 54.0 cm³/mol. The van der Waals surface area contributed by atoms with Crippen LogP contribution in [0.3, 0.4) is 0 Å². The van der Waals surface area contributed by atoms with Gasteiger partial charge >= 0.3 is 0 Å². The second-order valence-corrected chi connectivity index (χ2v) is 5.11. The number of rotatable bonds is 3. The second-order valence-electron chi connectivity index (χ2n) is 5.11. The van der Waals surface area contributed by atoms with E-state index in [9.17, 15) is 10.2 Å². The molecule has 2 rings (SSSR count). The fourth-order valence-corrected chi connectivity index (χ4v) is 2.36. The maximum absolute atomic E-state index is 10.1. The molecule has 4 nitrogen and oxygen atoms in total. The molecule has 2 saturated carbocycles. The van der Waals surface area contributed by atoms with Gasteiger partial charge in [0.25, 0.3) is 0 Å². The standard InChI is InChI=1S/C11H20O4/c1-8-4-5-10(8,12)15-9(2)6-7-11(9,13)14-3/h8,12-13H,4-7H2,1-3H3. The summed E-state index contributed by atoms with van der Waals surface area (Å²) < 4.78 is 10.8. The largest absolute Gasteiger partial charge is 0.365 e. The summed E-state index contributed by atoms with van der Waals surface area (Å²) in [6.07, 6.45) is 2.89. The van der Waals surface area contributed by atoms with Crippen LogP contribution in [0.25, 0.3) is 0 Å². The van der Waals surface area contributed by atoms with Crippen LogP contribution in [0.4, 0.5) is 0 Å². The Hall–Kier alpha value is -0.160. The third kappa shape index (κ3) is 1.43. The zero-order chi connectivity index (χ0) is 11.3. The van der Waals surface area contributed by atoms with Crippen molar-refractivity contribution in [1.29, 1.82) is 0 Å². The second kappa shape index (κ2) is 3.17. The van der Waals surface area contributed by atoms with Crippen molar-refractivity contribution >= 4 is 0 Å². The minimum Gasteiger partial charge on any atom is -0.365 e. The summed E-state index contributed by atoms with van der Waals surface area (Å²) in [7, 11) is 1.47. The molecule has 0 bridgehead atoms. The molecule has 0 saturated heterocycles. The lowest BCUT2D eigenvalue weighted by molar-refractivity contribution is -0.422. The highest BCUT2D eigenvalue weighted by atomic mass is 16.7. The molecule has 0 aromatic heterocycles. The molecule has 0 aliphatic heterocycles. The van der Waals surface area contributed by atoms with E-state index in [1.165, 1.54) is 7.11 Å². The van der Waals surface area contributed by atoms with Crippen LogP contribution >= 0.6 is 0 Å². The van der Waals surface area contributed by atoms with Crippen molar-refractivity contribution in [2.24, 2.45) is 5.92 Å². The van der Waals surface area contributed by atoms with Crippen molar-refractivity contribution in [2.75, 3.05) is 7.11 Å². The predicted octanol–water partition coefficient (Wildman–Crippen LogP) is 1.01. The van der Waals surface area contributed by atoms with E-state index in [1.54, 1.807) is 6.92 Å². The van der Waals surface area contributed by atoms with Gasteiger partial charge in [-0.25, -0.2) is 0 Å². The zero-order valence-electron chi connectivity index (χ0n) is 9.62. The fourth-order valence-electron chi connectivity index (χ4n) is 2.36. The zero-order valence-corrected chi connectivity index (χ0v) is 9.62. The average molecular weight is 216 g/mol. The Labute approximate surface area is 90.2 Å². The molecular formula is C11H20O4. The van der Waals surface area contributed by atoms with Crippen molar-refractivity contribution in [2.45, 2.75) is 56.7 Å². The normalized spacial score (nSPS) is 54.6. The summed E-state index contributed by atoms with van der Waals surface area (Å²) in [5.74, 6) is -2.17. The van der Waals surface area contributed by atoms with Crippen molar-refractivity contribution in [1.82, 2.24) is 0 Å². The lowest BCUT2D eigenvalue weighted by Crippen LogP contribution is -2.68. The van der Waals surface area contributed by atoms with Crippen LogP contribution in [0.2, 0.25) is 0 Å². The number of aliphatic hydroxyl groups is 2. The van der Waals surface area contributed by atoms with Gasteiger partial charge in [0, 0.05) is 25.9 Å². The highest BCUT2D eigenvalue weighted by Gasteiger charge is 2.62. The number of hydrogen-bond acceptors (Lipinski definition) is 4. The van der Waals surface area contributed by atoms with Crippen molar-refractivity contribution in [3.8, 4) is 0 Å². The molecule has 2 aliphatic carbocycles. The van der Waals surface area contributed by atoms with Crippen LogP contribution in [0.1, 0.15) is 39.5 Å². The summed E-state index contributed by atoms with van der Waals surface area (Å²) in [4.78, 5) is 0. The molecule has 0 amide bonds. The maximum Gasteiger partial charge on any atom is 0.194 e. The van der Waals surface area contributed by atoms with Crippen LogP contribution < -0.4 is 0 Å². The van der Waals surface area contributed by atoms with E-state index in [4.69, 9.17) is 9.47 Å². The van der Waals surface area contributed by atoms with E-state index in [0.717, 1.165) is 6.42 Å². The molecule has 0 heterocycles. The Balaban J connectivity index is 2.05. The first-order valence-corrected chi connectivity index (χ1v) is 5.55. The third-order valence-corrected chi connectivity index (χ3v) is 4.21. The van der Waals surface area contributed by atoms with Gasteiger partial charge in [-0.05, 0) is 19.8 Å². The molecule has 2 N–H and O–H groups in total. The van der Waals surface area contributed by atoms with Crippen LogP contribution in [0, 0.1) is 5.92 Å². The molecule has 88 valence electrons. The Morgan fingerprint density at radius 2 is 1.87 bits per heavy atom.